The highest BCUT2D eigenvalue weighted by Gasteiger charge is 2.25. The van der Waals surface area contributed by atoms with Gasteiger partial charge in [0, 0.05) is 31.4 Å². The zero-order valence-electron chi connectivity index (χ0n) is 17.5. The Labute approximate surface area is 182 Å². The van der Waals surface area contributed by atoms with Crippen LogP contribution in [0.1, 0.15) is 26.3 Å². The fraction of sp³-hybridized carbons (Fsp3) is 0.476. The van der Waals surface area contributed by atoms with Crippen LogP contribution in [-0.4, -0.2) is 57.1 Å². The van der Waals surface area contributed by atoms with E-state index in [2.05, 4.69) is 35.7 Å². The lowest BCUT2D eigenvalue weighted by Crippen LogP contribution is -2.52. The number of carbonyl (C=O) groups excluding carboxylic acids is 1. The van der Waals surface area contributed by atoms with Gasteiger partial charge in [0.2, 0.25) is 5.91 Å². The molecular weight excluding hydrogens is 422 g/mol. The third-order valence-electron chi connectivity index (χ3n) is 5.00. The molecule has 7 nitrogen and oxygen atoms in total. The molecule has 2 heterocycles. The molecule has 2 aromatic rings. The standard InChI is InChI=1S/C21H29N3O4S2/c1-15(24-13-16(2)28-17(3)14-24)12-22-20(25)11-18-6-8-19(9-7-18)23-30(26,27)21-5-4-10-29-21/h4-10,15-17,23H,11-14H2,1-3H3,(H,22,25)/t15-,16+,17+/m0/s1. The van der Waals surface area contributed by atoms with Crippen LogP contribution in [0.4, 0.5) is 5.69 Å². The van der Waals surface area contributed by atoms with Gasteiger partial charge in [0.1, 0.15) is 4.21 Å². The highest BCUT2D eigenvalue weighted by Crippen LogP contribution is 2.20. The summed E-state index contributed by atoms with van der Waals surface area (Å²) in [6.07, 6.45) is 0.644. The summed E-state index contributed by atoms with van der Waals surface area (Å²) < 4.78 is 33.1. The first-order chi connectivity index (χ1) is 14.2. The summed E-state index contributed by atoms with van der Waals surface area (Å²) in [5.74, 6) is -0.0527. The van der Waals surface area contributed by atoms with Crippen LogP contribution >= 0.6 is 11.3 Å². The third kappa shape index (κ3) is 6.28. The number of carbonyl (C=O) groups is 1. The number of amides is 1. The van der Waals surface area contributed by atoms with Gasteiger partial charge in [0.25, 0.3) is 10.0 Å². The lowest BCUT2D eigenvalue weighted by atomic mass is 10.1. The van der Waals surface area contributed by atoms with E-state index in [0.29, 0.717) is 12.2 Å². The van der Waals surface area contributed by atoms with Gasteiger partial charge in [-0.3, -0.25) is 14.4 Å². The molecule has 1 aliphatic rings. The minimum atomic E-state index is -3.57. The summed E-state index contributed by atoms with van der Waals surface area (Å²) >= 11 is 1.16. The smallest absolute Gasteiger partial charge is 0.271 e. The Balaban J connectivity index is 1.47. The first-order valence-electron chi connectivity index (χ1n) is 10.0. The molecule has 0 bridgehead atoms. The van der Waals surface area contributed by atoms with Crippen molar-refractivity contribution in [3.05, 3.63) is 47.3 Å². The molecule has 3 rings (SSSR count). The van der Waals surface area contributed by atoms with Crippen LogP contribution in [0.5, 0.6) is 0 Å². The fourth-order valence-corrected chi connectivity index (χ4v) is 5.58. The van der Waals surface area contributed by atoms with Gasteiger partial charge in [-0.05, 0) is 49.9 Å². The van der Waals surface area contributed by atoms with Gasteiger partial charge in [-0.25, -0.2) is 8.42 Å². The Morgan fingerprint density at radius 2 is 1.87 bits per heavy atom. The molecular formula is C21H29N3O4S2. The summed E-state index contributed by atoms with van der Waals surface area (Å²) in [5, 5.41) is 4.72. The number of nitrogens with one attached hydrogen (secondary N) is 2. The summed E-state index contributed by atoms with van der Waals surface area (Å²) in [6.45, 7) is 8.56. The highest BCUT2D eigenvalue weighted by atomic mass is 32.2. The molecule has 3 atom stereocenters. The maximum Gasteiger partial charge on any atom is 0.271 e. The molecule has 164 valence electrons. The molecule has 1 aromatic heterocycles. The van der Waals surface area contributed by atoms with E-state index in [1.165, 1.54) is 0 Å². The summed E-state index contributed by atoms with van der Waals surface area (Å²) in [5.41, 5.74) is 1.30. The second-order valence-electron chi connectivity index (χ2n) is 7.78. The van der Waals surface area contributed by atoms with Gasteiger partial charge in [0.05, 0.1) is 18.6 Å². The molecule has 1 aromatic carbocycles. The molecule has 1 saturated heterocycles. The highest BCUT2D eigenvalue weighted by molar-refractivity contribution is 7.94. The number of hydrogen-bond acceptors (Lipinski definition) is 6. The van der Waals surface area contributed by atoms with Crippen molar-refractivity contribution in [3.8, 4) is 0 Å². The van der Waals surface area contributed by atoms with E-state index in [9.17, 15) is 13.2 Å². The Hall–Kier alpha value is -1.94. The van der Waals surface area contributed by atoms with Gasteiger partial charge in [-0.1, -0.05) is 18.2 Å². The molecule has 1 amide bonds. The van der Waals surface area contributed by atoms with Crippen molar-refractivity contribution >= 4 is 33.0 Å². The molecule has 30 heavy (non-hydrogen) atoms. The van der Waals surface area contributed by atoms with E-state index in [4.69, 9.17) is 4.74 Å². The topological polar surface area (TPSA) is 87.7 Å². The van der Waals surface area contributed by atoms with Crippen LogP contribution in [0, 0.1) is 0 Å². The van der Waals surface area contributed by atoms with E-state index in [1.54, 1.807) is 41.8 Å². The van der Waals surface area contributed by atoms with Crippen molar-refractivity contribution in [2.24, 2.45) is 0 Å². The minimum absolute atomic E-state index is 0.0527. The van der Waals surface area contributed by atoms with Crippen LogP contribution in [0.2, 0.25) is 0 Å². The zero-order valence-corrected chi connectivity index (χ0v) is 19.1. The van der Waals surface area contributed by atoms with E-state index in [1.807, 2.05) is 0 Å². The number of benzene rings is 1. The molecule has 9 heteroatoms. The summed E-state index contributed by atoms with van der Waals surface area (Å²) in [4.78, 5) is 14.7. The maximum atomic E-state index is 12.3. The van der Waals surface area contributed by atoms with E-state index in [-0.39, 0.29) is 34.8 Å². The molecule has 0 unspecified atom stereocenters. The molecule has 2 N–H and O–H groups in total. The molecule has 0 aliphatic carbocycles. The molecule has 0 spiro atoms. The van der Waals surface area contributed by atoms with Crippen molar-refractivity contribution in [2.75, 3.05) is 24.4 Å². The predicted octanol–water partition coefficient (Wildman–Crippen LogP) is 2.71. The number of anilines is 1. The van der Waals surface area contributed by atoms with Crippen LogP contribution in [0.3, 0.4) is 0 Å². The lowest BCUT2D eigenvalue weighted by molar-refractivity contribution is -0.121. The molecule has 1 fully saturated rings. The number of hydrogen-bond donors (Lipinski definition) is 2. The van der Waals surface area contributed by atoms with Gasteiger partial charge in [-0.2, -0.15) is 0 Å². The first-order valence-corrected chi connectivity index (χ1v) is 12.4. The normalized spacial score (nSPS) is 21.2. The van der Waals surface area contributed by atoms with Crippen LogP contribution < -0.4 is 10.0 Å². The Kier molecular flexibility index (Phi) is 7.51. The molecule has 1 aliphatic heterocycles. The van der Waals surface area contributed by atoms with E-state index < -0.39 is 10.0 Å². The van der Waals surface area contributed by atoms with Crippen LogP contribution in [-0.2, 0) is 26.0 Å². The fourth-order valence-electron chi connectivity index (χ4n) is 3.53. The summed E-state index contributed by atoms with van der Waals surface area (Å²) in [6, 6.07) is 10.4. The Bertz CT molecular complexity index is 920. The minimum Gasteiger partial charge on any atom is -0.373 e. The summed E-state index contributed by atoms with van der Waals surface area (Å²) in [7, 11) is -3.57. The van der Waals surface area contributed by atoms with Gasteiger partial charge in [-0.15, -0.1) is 11.3 Å². The third-order valence-corrected chi connectivity index (χ3v) is 7.78. The quantitative estimate of drug-likeness (QED) is 0.644. The monoisotopic (exact) mass is 451 g/mol. The van der Waals surface area contributed by atoms with Gasteiger partial charge in [0.15, 0.2) is 0 Å². The number of morpholine rings is 1. The molecule has 0 radical (unpaired) electrons. The van der Waals surface area contributed by atoms with Crippen molar-refractivity contribution in [1.82, 2.24) is 10.2 Å². The predicted molar refractivity (Wildman–Crippen MR) is 119 cm³/mol. The second kappa shape index (κ2) is 9.91. The SMILES string of the molecule is C[C@@H]1CN([C@@H](C)CNC(=O)Cc2ccc(NS(=O)(=O)c3cccs3)cc2)C[C@@H](C)O1. The number of thiophene rings is 1. The van der Waals surface area contributed by atoms with E-state index in [0.717, 1.165) is 30.0 Å². The maximum absolute atomic E-state index is 12.3. The molecule has 0 saturated carbocycles. The Morgan fingerprint density at radius 3 is 2.47 bits per heavy atom. The largest absolute Gasteiger partial charge is 0.373 e. The average Bonchev–Trinajstić information content (AvgIpc) is 3.22. The van der Waals surface area contributed by atoms with E-state index >= 15 is 0 Å². The lowest BCUT2D eigenvalue weighted by Gasteiger charge is -2.39. The van der Waals surface area contributed by atoms with Crippen LogP contribution in [0.25, 0.3) is 0 Å². The van der Waals surface area contributed by atoms with Crippen molar-refractivity contribution in [1.29, 1.82) is 0 Å². The van der Waals surface area contributed by atoms with Gasteiger partial charge < -0.3 is 10.1 Å². The van der Waals surface area contributed by atoms with Gasteiger partial charge >= 0.3 is 0 Å². The number of rotatable bonds is 8. The van der Waals surface area contributed by atoms with Crippen molar-refractivity contribution in [3.63, 3.8) is 0 Å². The first kappa shape index (κ1) is 22.7. The van der Waals surface area contributed by atoms with Crippen LogP contribution in [0.15, 0.2) is 46.0 Å². The second-order valence-corrected chi connectivity index (χ2v) is 10.6. The van der Waals surface area contributed by atoms with Crippen molar-refractivity contribution in [2.45, 2.75) is 49.7 Å². The number of ether oxygens (including phenoxy) is 1. The average molecular weight is 452 g/mol. The number of nitrogens with zero attached hydrogens (tertiary/aromatic N) is 1. The number of sulfonamides is 1. The van der Waals surface area contributed by atoms with Crippen molar-refractivity contribution < 1.29 is 17.9 Å². The zero-order chi connectivity index (χ0) is 21.7. The Morgan fingerprint density at radius 1 is 1.20 bits per heavy atom.